The summed E-state index contributed by atoms with van der Waals surface area (Å²) in [6, 6.07) is 4.73. The number of amides is 3. The van der Waals surface area contributed by atoms with Gasteiger partial charge in [-0.25, -0.2) is 0 Å². The Balaban J connectivity index is 1.55. The molecule has 0 bridgehead atoms. The number of phenols is 1. The Hall–Kier alpha value is -2.65. The van der Waals surface area contributed by atoms with Crippen LogP contribution in [0.4, 0.5) is 0 Å². The number of aromatic hydroxyl groups is 1. The maximum absolute atomic E-state index is 13.9. The van der Waals surface area contributed by atoms with Crippen LogP contribution in [-0.4, -0.2) is 78.2 Å². The van der Waals surface area contributed by atoms with E-state index < -0.39 is 12.1 Å². The van der Waals surface area contributed by atoms with Crippen molar-refractivity contribution in [3.05, 3.63) is 29.8 Å². The third-order valence-electron chi connectivity index (χ3n) is 9.63. The Morgan fingerprint density at radius 1 is 0.857 bits per heavy atom. The van der Waals surface area contributed by atoms with Crippen molar-refractivity contribution < 1.29 is 24.2 Å². The molecule has 6 atom stereocenters. The van der Waals surface area contributed by atoms with Crippen molar-refractivity contribution in [3.8, 4) is 5.75 Å². The second-order valence-electron chi connectivity index (χ2n) is 12.8. The van der Waals surface area contributed by atoms with E-state index in [2.05, 4.69) is 22.9 Å². The van der Waals surface area contributed by atoms with Crippen molar-refractivity contribution in [1.29, 1.82) is 0 Å². The van der Waals surface area contributed by atoms with Crippen LogP contribution in [0.15, 0.2) is 24.3 Å². The number of likely N-dealkylation sites (N-methyl/N-ethyl adjacent to an activating group) is 1. The fraction of sp³-hybridized carbons (Fsp3) is 0.727. The molecular weight excluding hydrogens is 532 g/mol. The molecular formula is C33H52N4O5. The average Bonchev–Trinajstić information content (AvgIpc) is 3.00. The molecule has 2 aliphatic carbocycles. The van der Waals surface area contributed by atoms with Crippen molar-refractivity contribution in [2.45, 2.75) is 121 Å². The molecule has 3 amide bonds. The lowest BCUT2D eigenvalue weighted by Crippen LogP contribution is -2.58. The van der Waals surface area contributed by atoms with Gasteiger partial charge in [-0.3, -0.25) is 14.4 Å². The van der Waals surface area contributed by atoms with Gasteiger partial charge in [0.2, 0.25) is 17.7 Å². The summed E-state index contributed by atoms with van der Waals surface area (Å²) >= 11 is 0. The highest BCUT2D eigenvalue weighted by atomic mass is 16.5. The molecule has 42 heavy (non-hydrogen) atoms. The highest BCUT2D eigenvalue weighted by Gasteiger charge is 2.36. The van der Waals surface area contributed by atoms with E-state index in [9.17, 15) is 19.5 Å². The molecule has 1 aromatic rings. The van der Waals surface area contributed by atoms with Crippen LogP contribution in [0.25, 0.3) is 0 Å². The summed E-state index contributed by atoms with van der Waals surface area (Å²) in [4.78, 5) is 42.3. The molecule has 9 heteroatoms. The number of fused-ring (bicyclic) bond motifs is 1. The first-order valence-corrected chi connectivity index (χ1v) is 16.2. The van der Waals surface area contributed by atoms with E-state index in [1.54, 1.807) is 38.2 Å². The van der Waals surface area contributed by atoms with Crippen LogP contribution in [0.5, 0.6) is 5.75 Å². The van der Waals surface area contributed by atoms with Gasteiger partial charge in [-0.15, -0.1) is 0 Å². The van der Waals surface area contributed by atoms with Crippen molar-refractivity contribution in [3.63, 3.8) is 0 Å². The molecule has 9 nitrogen and oxygen atoms in total. The van der Waals surface area contributed by atoms with Crippen LogP contribution >= 0.6 is 0 Å². The number of phenolic OH excluding ortho intramolecular Hbond substituents is 1. The van der Waals surface area contributed by atoms with Crippen molar-refractivity contribution in [1.82, 2.24) is 20.9 Å². The second kappa shape index (κ2) is 15.7. The summed E-state index contributed by atoms with van der Waals surface area (Å²) in [6.45, 7) is 4.93. The minimum Gasteiger partial charge on any atom is -0.508 e. The summed E-state index contributed by atoms with van der Waals surface area (Å²) < 4.78 is 6.59. The summed E-state index contributed by atoms with van der Waals surface area (Å²) in [5, 5.41) is 19.2. The summed E-state index contributed by atoms with van der Waals surface area (Å²) in [7, 11) is 1.68. The van der Waals surface area contributed by atoms with Crippen molar-refractivity contribution in [2.24, 2.45) is 11.8 Å². The molecule has 2 unspecified atom stereocenters. The minimum atomic E-state index is -0.800. The molecule has 0 radical (unpaired) electrons. The molecule has 234 valence electrons. The lowest BCUT2D eigenvalue weighted by molar-refractivity contribution is -0.142. The number of carbonyl (C=O) groups is 3. The Bertz CT molecular complexity index is 1030. The SMILES string of the molecule is C[C@@H]1CN[C@@H](C2CCCCC2)C(=O)N(C)[C@H](C)C(=O)N[C@H](Cc2ccc(O)cc2)C(=O)NCCCC2CCCCC2O1. The van der Waals surface area contributed by atoms with Gasteiger partial charge in [0.25, 0.3) is 0 Å². The van der Waals surface area contributed by atoms with Crippen LogP contribution in [0.1, 0.15) is 90.0 Å². The Morgan fingerprint density at radius 2 is 1.50 bits per heavy atom. The van der Waals surface area contributed by atoms with Crippen LogP contribution in [-0.2, 0) is 25.5 Å². The van der Waals surface area contributed by atoms with Crippen molar-refractivity contribution >= 4 is 17.7 Å². The van der Waals surface area contributed by atoms with E-state index >= 15 is 0 Å². The number of nitrogens with one attached hydrogen (secondary N) is 3. The van der Waals surface area contributed by atoms with E-state index in [0.717, 1.165) is 56.9 Å². The van der Waals surface area contributed by atoms with Gasteiger partial charge in [0.15, 0.2) is 0 Å². The maximum atomic E-state index is 13.9. The molecule has 1 saturated heterocycles. The normalized spacial score (nSPS) is 31.8. The van der Waals surface area contributed by atoms with Gasteiger partial charge < -0.3 is 30.7 Å². The van der Waals surface area contributed by atoms with Crippen molar-refractivity contribution in [2.75, 3.05) is 20.1 Å². The van der Waals surface area contributed by atoms with Crippen LogP contribution in [0.3, 0.4) is 0 Å². The topological polar surface area (TPSA) is 120 Å². The maximum Gasteiger partial charge on any atom is 0.243 e. The predicted octanol–water partition coefficient (Wildman–Crippen LogP) is 3.68. The quantitative estimate of drug-likeness (QED) is 0.430. The zero-order valence-electron chi connectivity index (χ0n) is 25.8. The number of nitrogens with zero attached hydrogens (tertiary/aromatic N) is 1. The van der Waals surface area contributed by atoms with Crippen LogP contribution in [0.2, 0.25) is 0 Å². The summed E-state index contributed by atoms with van der Waals surface area (Å²) in [5.41, 5.74) is 0.824. The zero-order valence-corrected chi connectivity index (χ0v) is 25.8. The first-order chi connectivity index (χ1) is 20.2. The van der Waals surface area contributed by atoms with Crippen LogP contribution < -0.4 is 16.0 Å². The van der Waals surface area contributed by atoms with Gasteiger partial charge in [-0.1, -0.05) is 44.2 Å². The third-order valence-corrected chi connectivity index (χ3v) is 9.63. The Kier molecular flexibility index (Phi) is 12.1. The van der Waals surface area contributed by atoms with E-state index in [4.69, 9.17) is 4.74 Å². The first-order valence-electron chi connectivity index (χ1n) is 16.2. The van der Waals surface area contributed by atoms with Gasteiger partial charge in [0.05, 0.1) is 18.2 Å². The zero-order chi connectivity index (χ0) is 30.1. The monoisotopic (exact) mass is 584 g/mol. The number of rotatable bonds is 3. The largest absolute Gasteiger partial charge is 0.508 e. The smallest absolute Gasteiger partial charge is 0.243 e. The average molecular weight is 585 g/mol. The number of carbonyl (C=O) groups excluding carboxylic acids is 3. The Labute approximate surface area is 251 Å². The highest BCUT2D eigenvalue weighted by Crippen LogP contribution is 2.31. The van der Waals surface area contributed by atoms with Crippen LogP contribution in [0, 0.1) is 11.8 Å². The lowest BCUT2D eigenvalue weighted by Gasteiger charge is -2.37. The predicted molar refractivity (Wildman–Crippen MR) is 163 cm³/mol. The van der Waals surface area contributed by atoms with E-state index in [1.807, 2.05) is 0 Å². The van der Waals surface area contributed by atoms with Gasteiger partial charge in [0, 0.05) is 26.6 Å². The lowest BCUT2D eigenvalue weighted by atomic mass is 9.83. The molecule has 3 fully saturated rings. The van der Waals surface area contributed by atoms with Gasteiger partial charge in [-0.05, 0) is 81.9 Å². The van der Waals surface area contributed by atoms with E-state index in [-0.39, 0.29) is 54.1 Å². The molecule has 1 aliphatic heterocycles. The standard InChI is InChI=1S/C33H52N4O5/c1-22-21-35-30(26-11-5-4-6-12-26)33(41)37(3)23(2)31(39)36-28(20-24-15-17-27(38)18-16-24)32(40)34-19-9-13-25-10-7-8-14-29(25)42-22/h15-18,22-23,25-26,28-30,35,38H,4-14,19-21H2,1-3H3,(H,34,40)(H,36,39)/t22-,23-,25?,28-,29?,30+/m1/s1. The number of ether oxygens (including phenoxy) is 1. The molecule has 0 spiro atoms. The number of hydrogen-bond donors (Lipinski definition) is 4. The molecule has 0 aromatic heterocycles. The fourth-order valence-electron chi connectivity index (χ4n) is 6.90. The van der Waals surface area contributed by atoms with Gasteiger partial charge >= 0.3 is 0 Å². The summed E-state index contributed by atoms with van der Waals surface area (Å²) in [5.74, 6) is 0.115. The fourth-order valence-corrected chi connectivity index (χ4v) is 6.90. The van der Waals surface area contributed by atoms with E-state index in [1.165, 1.54) is 24.2 Å². The number of benzene rings is 1. The van der Waals surface area contributed by atoms with Gasteiger partial charge in [0.1, 0.15) is 17.8 Å². The molecule has 4 N–H and O–H groups in total. The molecule has 3 aliphatic rings. The van der Waals surface area contributed by atoms with Gasteiger partial charge in [-0.2, -0.15) is 0 Å². The molecule has 4 rings (SSSR count). The third kappa shape index (κ3) is 8.93. The van der Waals surface area contributed by atoms with E-state index in [0.29, 0.717) is 19.0 Å². The highest BCUT2D eigenvalue weighted by molar-refractivity contribution is 5.93. The second-order valence-corrected chi connectivity index (χ2v) is 12.8. The first kappa shape index (κ1) is 32.3. The Morgan fingerprint density at radius 3 is 2.24 bits per heavy atom. The summed E-state index contributed by atoms with van der Waals surface area (Å²) in [6.07, 6.45) is 12.2. The molecule has 2 saturated carbocycles. The number of hydrogen-bond acceptors (Lipinski definition) is 6. The molecule has 1 heterocycles. The molecule has 1 aromatic carbocycles. The minimum absolute atomic E-state index is 0.0280.